The van der Waals surface area contributed by atoms with Crippen LogP contribution in [0.15, 0.2) is 24.3 Å². The molecule has 0 aromatic heterocycles. The average Bonchev–Trinajstić information content (AvgIpc) is 2.52. The van der Waals surface area contributed by atoms with E-state index in [-0.39, 0.29) is 5.91 Å². The zero-order valence-electron chi connectivity index (χ0n) is 12.5. The van der Waals surface area contributed by atoms with E-state index in [9.17, 15) is 9.59 Å². The average molecular weight is 289 g/mol. The number of piperidine rings is 1. The Morgan fingerprint density at radius 2 is 2.00 bits per heavy atom. The number of nitrogens with two attached hydrogens (primary N) is 1. The molecular weight excluding hydrogens is 266 g/mol. The van der Waals surface area contributed by atoms with E-state index in [1.54, 1.807) is 0 Å². The van der Waals surface area contributed by atoms with Crippen molar-refractivity contribution in [3.63, 3.8) is 0 Å². The van der Waals surface area contributed by atoms with E-state index >= 15 is 0 Å². The lowest BCUT2D eigenvalue weighted by Crippen LogP contribution is -2.43. The Balaban J connectivity index is 2.03. The number of benzene rings is 1. The molecule has 1 aromatic rings. The Kier molecular flexibility index (Phi) is 5.20. The number of primary amides is 1. The SMILES string of the molecule is CCC1CCCCN1C(=O)c1ccc(CNC(N)=O)cc1. The van der Waals surface area contributed by atoms with E-state index in [4.69, 9.17) is 5.73 Å². The second kappa shape index (κ2) is 7.11. The Morgan fingerprint density at radius 1 is 1.29 bits per heavy atom. The van der Waals surface area contributed by atoms with Gasteiger partial charge in [-0.25, -0.2) is 4.79 Å². The Morgan fingerprint density at radius 3 is 2.62 bits per heavy atom. The molecule has 2 rings (SSSR count). The summed E-state index contributed by atoms with van der Waals surface area (Å²) < 4.78 is 0. The van der Waals surface area contributed by atoms with Gasteiger partial charge in [-0.2, -0.15) is 0 Å². The maximum Gasteiger partial charge on any atom is 0.312 e. The van der Waals surface area contributed by atoms with E-state index in [2.05, 4.69) is 12.2 Å². The normalized spacial score (nSPS) is 18.3. The summed E-state index contributed by atoms with van der Waals surface area (Å²) in [6.45, 7) is 3.36. The van der Waals surface area contributed by atoms with Crippen LogP contribution < -0.4 is 11.1 Å². The molecule has 1 heterocycles. The van der Waals surface area contributed by atoms with Crippen LogP contribution in [0.25, 0.3) is 0 Å². The molecule has 21 heavy (non-hydrogen) atoms. The highest BCUT2D eigenvalue weighted by atomic mass is 16.2. The highest BCUT2D eigenvalue weighted by Gasteiger charge is 2.25. The molecule has 0 spiro atoms. The highest BCUT2D eigenvalue weighted by Crippen LogP contribution is 2.21. The molecule has 1 atom stereocenters. The van der Waals surface area contributed by atoms with E-state index in [1.807, 2.05) is 29.2 Å². The van der Waals surface area contributed by atoms with Crippen molar-refractivity contribution in [1.82, 2.24) is 10.2 Å². The number of hydrogen-bond donors (Lipinski definition) is 2. The number of carbonyl (C=O) groups excluding carboxylic acids is 2. The number of rotatable bonds is 4. The van der Waals surface area contributed by atoms with Crippen LogP contribution in [-0.2, 0) is 6.54 Å². The first-order valence-electron chi connectivity index (χ1n) is 7.55. The van der Waals surface area contributed by atoms with Gasteiger partial charge in [0.1, 0.15) is 0 Å². The lowest BCUT2D eigenvalue weighted by molar-refractivity contribution is 0.0608. The van der Waals surface area contributed by atoms with Gasteiger partial charge in [-0.15, -0.1) is 0 Å². The molecular formula is C16H23N3O2. The molecule has 1 saturated heterocycles. The van der Waals surface area contributed by atoms with Crippen molar-refractivity contribution in [1.29, 1.82) is 0 Å². The van der Waals surface area contributed by atoms with Crippen LogP contribution in [0.3, 0.4) is 0 Å². The van der Waals surface area contributed by atoms with E-state index in [1.165, 1.54) is 6.42 Å². The minimum Gasteiger partial charge on any atom is -0.352 e. The maximum absolute atomic E-state index is 12.6. The molecule has 5 heteroatoms. The molecule has 3 amide bonds. The smallest absolute Gasteiger partial charge is 0.312 e. The quantitative estimate of drug-likeness (QED) is 0.892. The fourth-order valence-electron chi connectivity index (χ4n) is 2.81. The highest BCUT2D eigenvalue weighted by molar-refractivity contribution is 5.94. The number of nitrogens with zero attached hydrogens (tertiary/aromatic N) is 1. The van der Waals surface area contributed by atoms with Crippen LogP contribution >= 0.6 is 0 Å². The summed E-state index contributed by atoms with van der Waals surface area (Å²) in [5, 5.41) is 2.53. The standard InChI is InChI=1S/C16H23N3O2/c1-2-14-5-3-4-10-19(14)15(20)13-8-6-12(7-9-13)11-18-16(17)21/h6-9,14H,2-5,10-11H2,1H3,(H3,17,18,21). The topological polar surface area (TPSA) is 75.4 Å². The number of likely N-dealkylation sites (tertiary alicyclic amines) is 1. The van der Waals surface area contributed by atoms with Gasteiger partial charge in [0, 0.05) is 24.7 Å². The van der Waals surface area contributed by atoms with Crippen molar-refractivity contribution in [2.45, 2.75) is 45.2 Å². The fraction of sp³-hybridized carbons (Fsp3) is 0.500. The first kappa shape index (κ1) is 15.4. The summed E-state index contributed by atoms with van der Waals surface area (Å²) >= 11 is 0. The minimum atomic E-state index is -0.547. The lowest BCUT2D eigenvalue weighted by Gasteiger charge is -2.35. The summed E-state index contributed by atoms with van der Waals surface area (Å²) in [4.78, 5) is 25.3. The van der Waals surface area contributed by atoms with Crippen molar-refractivity contribution < 1.29 is 9.59 Å². The Hall–Kier alpha value is -2.04. The zero-order valence-corrected chi connectivity index (χ0v) is 12.5. The molecule has 114 valence electrons. The summed E-state index contributed by atoms with van der Waals surface area (Å²) in [5.74, 6) is 0.107. The Bertz CT molecular complexity index is 499. The second-order valence-corrected chi connectivity index (χ2v) is 5.47. The number of carbonyl (C=O) groups is 2. The molecule has 0 saturated carbocycles. The van der Waals surface area contributed by atoms with Gasteiger partial charge >= 0.3 is 6.03 Å². The summed E-state index contributed by atoms with van der Waals surface area (Å²) in [5.41, 5.74) is 6.67. The van der Waals surface area contributed by atoms with E-state index in [0.29, 0.717) is 18.2 Å². The van der Waals surface area contributed by atoms with Gasteiger partial charge in [0.25, 0.3) is 5.91 Å². The molecule has 1 aliphatic rings. The minimum absolute atomic E-state index is 0.107. The molecule has 1 fully saturated rings. The number of nitrogens with one attached hydrogen (secondary N) is 1. The van der Waals surface area contributed by atoms with Crippen LogP contribution in [0.4, 0.5) is 4.79 Å². The molecule has 1 aromatic carbocycles. The van der Waals surface area contributed by atoms with Crippen molar-refractivity contribution in [3.8, 4) is 0 Å². The van der Waals surface area contributed by atoms with Gasteiger partial charge < -0.3 is 16.0 Å². The Labute approximate surface area is 125 Å². The molecule has 5 nitrogen and oxygen atoms in total. The van der Waals surface area contributed by atoms with Crippen LogP contribution in [0.5, 0.6) is 0 Å². The second-order valence-electron chi connectivity index (χ2n) is 5.47. The van der Waals surface area contributed by atoms with Crippen molar-refractivity contribution in [2.24, 2.45) is 5.73 Å². The third kappa shape index (κ3) is 3.97. The molecule has 0 radical (unpaired) electrons. The summed E-state index contributed by atoms with van der Waals surface area (Å²) in [6, 6.07) is 7.17. The fourth-order valence-corrected chi connectivity index (χ4v) is 2.81. The first-order chi connectivity index (χ1) is 10.1. The maximum atomic E-state index is 12.6. The van der Waals surface area contributed by atoms with Gasteiger partial charge in [0.2, 0.25) is 0 Å². The van der Waals surface area contributed by atoms with E-state index in [0.717, 1.165) is 31.4 Å². The molecule has 1 aliphatic heterocycles. The number of hydrogen-bond acceptors (Lipinski definition) is 2. The van der Waals surface area contributed by atoms with E-state index < -0.39 is 6.03 Å². The van der Waals surface area contributed by atoms with Crippen LogP contribution in [0.1, 0.15) is 48.5 Å². The third-order valence-corrected chi connectivity index (χ3v) is 4.03. The van der Waals surface area contributed by atoms with Gasteiger partial charge in [-0.05, 0) is 43.4 Å². The lowest BCUT2D eigenvalue weighted by atomic mass is 9.98. The number of urea groups is 1. The zero-order chi connectivity index (χ0) is 15.2. The summed E-state index contributed by atoms with van der Waals surface area (Å²) in [7, 11) is 0. The third-order valence-electron chi connectivity index (χ3n) is 4.03. The predicted octanol–water partition coefficient (Wildman–Crippen LogP) is 2.26. The van der Waals surface area contributed by atoms with Crippen LogP contribution in [-0.4, -0.2) is 29.4 Å². The molecule has 0 aliphatic carbocycles. The van der Waals surface area contributed by atoms with Crippen LogP contribution in [0, 0.1) is 0 Å². The van der Waals surface area contributed by atoms with Gasteiger partial charge in [0.15, 0.2) is 0 Å². The van der Waals surface area contributed by atoms with Gasteiger partial charge in [-0.3, -0.25) is 4.79 Å². The number of amides is 3. The molecule has 0 bridgehead atoms. The summed E-state index contributed by atoms with van der Waals surface area (Å²) in [6.07, 6.45) is 4.40. The molecule has 3 N–H and O–H groups in total. The largest absolute Gasteiger partial charge is 0.352 e. The van der Waals surface area contributed by atoms with Crippen molar-refractivity contribution >= 4 is 11.9 Å². The van der Waals surface area contributed by atoms with Gasteiger partial charge in [0.05, 0.1) is 0 Å². The first-order valence-corrected chi connectivity index (χ1v) is 7.55. The monoisotopic (exact) mass is 289 g/mol. The van der Waals surface area contributed by atoms with Crippen molar-refractivity contribution in [2.75, 3.05) is 6.54 Å². The molecule has 1 unspecified atom stereocenters. The van der Waals surface area contributed by atoms with Crippen molar-refractivity contribution in [3.05, 3.63) is 35.4 Å². The van der Waals surface area contributed by atoms with Crippen LogP contribution in [0.2, 0.25) is 0 Å². The van der Waals surface area contributed by atoms with Gasteiger partial charge in [-0.1, -0.05) is 19.1 Å². The predicted molar refractivity (Wildman–Crippen MR) is 81.8 cm³/mol.